The maximum absolute atomic E-state index is 14.3. The first-order chi connectivity index (χ1) is 14.6. The number of aromatic nitrogens is 2. The maximum Gasteiger partial charge on any atom is 0.416 e. The van der Waals surface area contributed by atoms with Gasteiger partial charge in [0.15, 0.2) is 0 Å². The molecular weight excluding hydrogens is 434 g/mol. The van der Waals surface area contributed by atoms with Gasteiger partial charge in [-0.3, -0.25) is 9.69 Å². The summed E-state index contributed by atoms with van der Waals surface area (Å²) >= 11 is 6.28. The van der Waals surface area contributed by atoms with Gasteiger partial charge in [0, 0.05) is 36.3 Å². The van der Waals surface area contributed by atoms with Crippen LogP contribution in [0.4, 0.5) is 17.6 Å². The average molecular weight is 452 g/mol. The van der Waals surface area contributed by atoms with Crippen LogP contribution in [0.1, 0.15) is 27.9 Å². The summed E-state index contributed by atoms with van der Waals surface area (Å²) < 4.78 is 52.7. The van der Waals surface area contributed by atoms with Gasteiger partial charge < -0.3 is 4.98 Å². The molecule has 1 aliphatic heterocycles. The lowest BCUT2D eigenvalue weighted by Gasteiger charge is -2.28. The van der Waals surface area contributed by atoms with E-state index >= 15 is 0 Å². The van der Waals surface area contributed by atoms with Crippen LogP contribution >= 0.6 is 11.6 Å². The maximum atomic E-state index is 14.3. The van der Waals surface area contributed by atoms with E-state index < -0.39 is 17.6 Å². The van der Waals surface area contributed by atoms with Crippen molar-refractivity contribution in [2.45, 2.75) is 32.6 Å². The molecule has 0 atom stereocenters. The highest BCUT2D eigenvalue weighted by Gasteiger charge is 2.30. The van der Waals surface area contributed by atoms with Gasteiger partial charge in [0.2, 0.25) is 0 Å². The van der Waals surface area contributed by atoms with Gasteiger partial charge in [-0.25, -0.2) is 9.37 Å². The molecule has 0 saturated carbocycles. The monoisotopic (exact) mass is 451 g/mol. The largest absolute Gasteiger partial charge is 0.416 e. The summed E-state index contributed by atoms with van der Waals surface area (Å²) in [5, 5.41) is 0.370. The SMILES string of the molecule is Cc1ccc(F)c(CN2CCc3c(nc(-c4ccc(C(F)(F)F)cc4)[nH]c3=O)C2)c1Cl. The van der Waals surface area contributed by atoms with Crippen LogP contribution in [0.2, 0.25) is 5.02 Å². The standard InChI is InChI=1S/C22H18ClF4N3O/c1-12-2-7-17(24)16(19(12)23)10-30-9-8-15-18(11-30)28-20(29-21(15)31)13-3-5-14(6-4-13)22(25,26)27/h2-7H,8-11H2,1H3,(H,28,29,31). The van der Waals surface area contributed by atoms with Crippen molar-refractivity contribution >= 4 is 11.6 Å². The second-order valence-corrected chi connectivity index (χ2v) is 7.91. The van der Waals surface area contributed by atoms with Crippen LogP contribution in [0.3, 0.4) is 0 Å². The highest BCUT2D eigenvalue weighted by Crippen LogP contribution is 2.31. The number of fused-ring (bicyclic) bond motifs is 1. The van der Waals surface area contributed by atoms with Crippen LogP contribution in [0, 0.1) is 12.7 Å². The minimum atomic E-state index is -4.44. The Hall–Kier alpha value is -2.71. The smallest absolute Gasteiger partial charge is 0.306 e. The first kappa shape index (κ1) is 21.5. The van der Waals surface area contributed by atoms with Gasteiger partial charge in [0.25, 0.3) is 5.56 Å². The van der Waals surface area contributed by atoms with Crippen molar-refractivity contribution in [2.75, 3.05) is 6.54 Å². The van der Waals surface area contributed by atoms with E-state index in [9.17, 15) is 22.4 Å². The Balaban J connectivity index is 1.62. The molecule has 0 fully saturated rings. The summed E-state index contributed by atoms with van der Waals surface area (Å²) in [4.78, 5) is 21.6. The molecule has 0 saturated heterocycles. The number of benzene rings is 2. The van der Waals surface area contributed by atoms with Gasteiger partial charge in [-0.1, -0.05) is 29.8 Å². The van der Waals surface area contributed by atoms with Crippen molar-refractivity contribution < 1.29 is 17.6 Å². The number of aromatic amines is 1. The van der Waals surface area contributed by atoms with E-state index in [4.69, 9.17) is 11.6 Å². The number of rotatable bonds is 3. The summed E-state index contributed by atoms with van der Waals surface area (Å²) in [6.45, 7) is 2.89. The Labute approximate surface area is 180 Å². The Morgan fingerprint density at radius 3 is 2.55 bits per heavy atom. The first-order valence-corrected chi connectivity index (χ1v) is 9.97. The molecule has 1 N–H and O–H groups in total. The third-order valence-corrected chi connectivity index (χ3v) is 5.93. The molecule has 4 nitrogen and oxygen atoms in total. The van der Waals surface area contributed by atoms with Gasteiger partial charge >= 0.3 is 6.18 Å². The van der Waals surface area contributed by atoms with Crippen LogP contribution < -0.4 is 5.56 Å². The zero-order valence-electron chi connectivity index (χ0n) is 16.5. The number of hydrogen-bond acceptors (Lipinski definition) is 3. The molecule has 0 aliphatic carbocycles. The second-order valence-electron chi connectivity index (χ2n) is 7.53. The Morgan fingerprint density at radius 1 is 1.16 bits per heavy atom. The molecule has 31 heavy (non-hydrogen) atoms. The number of nitrogens with zero attached hydrogens (tertiary/aromatic N) is 2. The lowest BCUT2D eigenvalue weighted by molar-refractivity contribution is -0.137. The number of aryl methyl sites for hydroxylation is 1. The molecule has 1 aliphatic rings. The predicted octanol–water partition coefficient (Wildman–Crippen LogP) is 5.11. The van der Waals surface area contributed by atoms with E-state index in [1.807, 2.05) is 4.90 Å². The van der Waals surface area contributed by atoms with Gasteiger partial charge in [-0.15, -0.1) is 0 Å². The van der Waals surface area contributed by atoms with Crippen LogP contribution in [-0.2, 0) is 25.7 Å². The molecule has 0 bridgehead atoms. The quantitative estimate of drug-likeness (QED) is 0.563. The first-order valence-electron chi connectivity index (χ1n) is 9.59. The zero-order chi connectivity index (χ0) is 22.3. The topological polar surface area (TPSA) is 49.0 Å². The Kier molecular flexibility index (Phi) is 5.61. The van der Waals surface area contributed by atoms with Crippen molar-refractivity contribution in [3.05, 3.63) is 85.5 Å². The predicted molar refractivity (Wildman–Crippen MR) is 109 cm³/mol. The van der Waals surface area contributed by atoms with Crippen molar-refractivity contribution in [1.29, 1.82) is 0 Å². The minimum absolute atomic E-state index is 0.194. The molecule has 0 unspecified atom stereocenters. The molecule has 0 radical (unpaired) electrons. The fourth-order valence-corrected chi connectivity index (χ4v) is 3.88. The van der Waals surface area contributed by atoms with E-state index in [-0.39, 0.29) is 17.9 Å². The normalized spacial score (nSPS) is 14.5. The number of halogens is 5. The van der Waals surface area contributed by atoms with E-state index in [0.29, 0.717) is 46.9 Å². The molecule has 2 aromatic carbocycles. The van der Waals surface area contributed by atoms with E-state index in [1.165, 1.54) is 18.2 Å². The van der Waals surface area contributed by atoms with Crippen LogP contribution in [0.15, 0.2) is 41.2 Å². The molecule has 0 spiro atoms. The molecule has 1 aromatic heterocycles. The van der Waals surface area contributed by atoms with Crippen molar-refractivity contribution in [3.63, 3.8) is 0 Å². The molecule has 9 heteroatoms. The van der Waals surface area contributed by atoms with E-state index in [1.54, 1.807) is 13.0 Å². The number of hydrogen-bond donors (Lipinski definition) is 1. The van der Waals surface area contributed by atoms with E-state index in [0.717, 1.165) is 17.7 Å². The number of alkyl halides is 3. The summed E-state index contributed by atoms with van der Waals surface area (Å²) in [5.41, 5.74) is 1.49. The Morgan fingerprint density at radius 2 is 1.87 bits per heavy atom. The fourth-order valence-electron chi connectivity index (χ4n) is 3.67. The summed E-state index contributed by atoms with van der Waals surface area (Å²) in [6, 6.07) is 7.43. The number of H-pyrrole nitrogens is 1. The van der Waals surface area contributed by atoms with Crippen molar-refractivity contribution in [1.82, 2.24) is 14.9 Å². The third kappa shape index (κ3) is 4.36. The fraction of sp³-hybridized carbons (Fsp3) is 0.273. The molecule has 162 valence electrons. The summed E-state index contributed by atoms with van der Waals surface area (Å²) in [7, 11) is 0. The molecule has 3 aromatic rings. The van der Waals surface area contributed by atoms with Crippen LogP contribution in [-0.4, -0.2) is 21.4 Å². The average Bonchev–Trinajstić information content (AvgIpc) is 2.73. The van der Waals surface area contributed by atoms with Crippen LogP contribution in [0.5, 0.6) is 0 Å². The minimum Gasteiger partial charge on any atom is -0.306 e. The van der Waals surface area contributed by atoms with Crippen molar-refractivity contribution in [3.8, 4) is 11.4 Å². The van der Waals surface area contributed by atoms with Gasteiger partial charge in [0.1, 0.15) is 11.6 Å². The Bertz CT molecular complexity index is 1190. The summed E-state index contributed by atoms with van der Waals surface area (Å²) in [5.74, 6) is -0.204. The third-order valence-electron chi connectivity index (χ3n) is 5.40. The second kappa shape index (κ2) is 8.09. The summed E-state index contributed by atoms with van der Waals surface area (Å²) in [6.07, 6.45) is -4.02. The van der Waals surface area contributed by atoms with Gasteiger partial charge in [-0.05, 0) is 37.1 Å². The van der Waals surface area contributed by atoms with Gasteiger partial charge in [0.05, 0.1) is 16.3 Å². The highest BCUT2D eigenvalue weighted by atomic mass is 35.5. The number of nitrogens with one attached hydrogen (secondary N) is 1. The van der Waals surface area contributed by atoms with E-state index in [2.05, 4.69) is 9.97 Å². The highest BCUT2D eigenvalue weighted by molar-refractivity contribution is 6.32. The lowest BCUT2D eigenvalue weighted by Crippen LogP contribution is -2.35. The molecule has 4 rings (SSSR count). The molecule has 2 heterocycles. The van der Waals surface area contributed by atoms with Crippen molar-refractivity contribution in [2.24, 2.45) is 0 Å². The molecule has 0 amide bonds. The van der Waals surface area contributed by atoms with Crippen LogP contribution in [0.25, 0.3) is 11.4 Å². The molecular formula is C22H18ClF4N3O. The lowest BCUT2D eigenvalue weighted by atomic mass is 10.0. The zero-order valence-corrected chi connectivity index (χ0v) is 17.2. The van der Waals surface area contributed by atoms with Gasteiger partial charge in [-0.2, -0.15) is 13.2 Å².